The average Bonchev–Trinajstić information content (AvgIpc) is 3.32. The highest BCUT2D eigenvalue weighted by Crippen LogP contribution is 2.47. The lowest BCUT2D eigenvalue weighted by molar-refractivity contribution is -0.122. The Hall–Kier alpha value is -3.02. The fourth-order valence-corrected chi connectivity index (χ4v) is 3.02. The Morgan fingerprint density at radius 2 is 1.96 bits per heavy atom. The van der Waals surface area contributed by atoms with Gasteiger partial charge >= 0.3 is 0 Å². The first kappa shape index (κ1) is 16.4. The van der Waals surface area contributed by atoms with Crippen LogP contribution in [-0.2, 0) is 11.3 Å². The van der Waals surface area contributed by atoms with Crippen molar-refractivity contribution < 1.29 is 18.0 Å². The highest BCUT2D eigenvalue weighted by Gasteiger charge is 2.44. The summed E-state index contributed by atoms with van der Waals surface area (Å²) < 4.78 is 32.0. The van der Waals surface area contributed by atoms with Crippen LogP contribution in [0.25, 0.3) is 11.3 Å². The van der Waals surface area contributed by atoms with E-state index >= 15 is 0 Å². The number of rotatable bonds is 5. The van der Waals surface area contributed by atoms with Gasteiger partial charge in [0, 0.05) is 11.5 Å². The number of nitrogens with one attached hydrogen (secondary N) is 1. The quantitative estimate of drug-likeness (QED) is 0.752. The Labute approximate surface area is 148 Å². The number of carbonyl (C=O) groups is 1. The maximum Gasteiger partial charge on any atom is 0.224 e. The molecule has 0 spiro atoms. The van der Waals surface area contributed by atoms with E-state index in [9.17, 15) is 13.6 Å². The van der Waals surface area contributed by atoms with Crippen LogP contribution >= 0.6 is 0 Å². The Morgan fingerprint density at radius 3 is 2.73 bits per heavy atom. The predicted molar refractivity (Wildman–Crippen MR) is 91.0 cm³/mol. The number of halogens is 2. The van der Waals surface area contributed by atoms with Gasteiger partial charge in [0.25, 0.3) is 0 Å². The zero-order valence-electron chi connectivity index (χ0n) is 13.8. The second-order valence-corrected chi connectivity index (χ2v) is 6.32. The van der Waals surface area contributed by atoms with Crippen LogP contribution < -0.4 is 5.32 Å². The van der Waals surface area contributed by atoms with Crippen LogP contribution in [0.4, 0.5) is 8.78 Å². The first-order valence-corrected chi connectivity index (χ1v) is 8.34. The van der Waals surface area contributed by atoms with Crippen molar-refractivity contribution in [1.82, 2.24) is 10.3 Å². The van der Waals surface area contributed by atoms with Gasteiger partial charge in [-0.1, -0.05) is 36.4 Å². The fourth-order valence-electron chi connectivity index (χ4n) is 3.02. The number of nitrogens with zero attached hydrogens (tertiary/aromatic N) is 1. The lowest BCUT2D eigenvalue weighted by Gasteiger charge is -2.03. The van der Waals surface area contributed by atoms with Crippen LogP contribution in [-0.4, -0.2) is 10.9 Å². The summed E-state index contributed by atoms with van der Waals surface area (Å²) in [5.41, 5.74) is 1.56. The smallest absolute Gasteiger partial charge is 0.224 e. The second kappa shape index (κ2) is 6.71. The molecule has 26 heavy (non-hydrogen) atoms. The lowest BCUT2D eigenvalue weighted by atomic mass is 10.1. The minimum absolute atomic E-state index is 0.0745. The molecule has 1 aliphatic rings. The van der Waals surface area contributed by atoms with Gasteiger partial charge in [0.2, 0.25) is 11.8 Å². The number of benzene rings is 2. The van der Waals surface area contributed by atoms with Gasteiger partial charge in [-0.05, 0) is 30.0 Å². The molecule has 3 aromatic rings. The van der Waals surface area contributed by atoms with E-state index in [2.05, 4.69) is 10.3 Å². The van der Waals surface area contributed by atoms with Gasteiger partial charge in [-0.3, -0.25) is 4.79 Å². The van der Waals surface area contributed by atoms with E-state index in [1.807, 2.05) is 30.3 Å². The number of amides is 1. The summed E-state index contributed by atoms with van der Waals surface area (Å²) in [4.78, 5) is 16.4. The van der Waals surface area contributed by atoms with Crippen LogP contribution in [0, 0.1) is 17.6 Å². The van der Waals surface area contributed by atoms with Crippen molar-refractivity contribution in [3.63, 3.8) is 0 Å². The molecule has 6 heteroatoms. The molecule has 2 aromatic carbocycles. The normalized spacial score (nSPS) is 18.5. The average molecular weight is 354 g/mol. The summed E-state index contributed by atoms with van der Waals surface area (Å²) in [6, 6.07) is 13.3. The predicted octanol–water partition coefficient (Wildman–Crippen LogP) is 4.04. The molecule has 4 nitrogen and oxygen atoms in total. The number of hydrogen-bond acceptors (Lipinski definition) is 3. The van der Waals surface area contributed by atoms with Gasteiger partial charge in [0.15, 0.2) is 17.4 Å². The van der Waals surface area contributed by atoms with Crippen LogP contribution in [0.3, 0.4) is 0 Å². The summed E-state index contributed by atoms with van der Waals surface area (Å²) in [5, 5.41) is 2.79. The lowest BCUT2D eigenvalue weighted by Crippen LogP contribution is -2.25. The summed E-state index contributed by atoms with van der Waals surface area (Å²) in [6.07, 6.45) is 2.25. The molecule has 0 aliphatic heterocycles. The molecule has 2 atom stereocenters. The maximum atomic E-state index is 13.3. The van der Waals surface area contributed by atoms with E-state index in [-0.39, 0.29) is 24.3 Å². The molecule has 2 unspecified atom stereocenters. The van der Waals surface area contributed by atoms with Gasteiger partial charge in [0.05, 0.1) is 12.7 Å². The number of aromatic nitrogens is 1. The van der Waals surface area contributed by atoms with E-state index in [1.54, 1.807) is 6.20 Å². The summed E-state index contributed by atoms with van der Waals surface area (Å²) in [7, 11) is 0. The minimum atomic E-state index is -0.887. The third-order valence-electron chi connectivity index (χ3n) is 4.52. The van der Waals surface area contributed by atoms with E-state index in [1.165, 1.54) is 6.07 Å². The molecular weight excluding hydrogens is 338 g/mol. The molecule has 1 aliphatic carbocycles. The van der Waals surface area contributed by atoms with E-state index in [0.717, 1.165) is 17.7 Å². The third kappa shape index (κ3) is 3.35. The molecule has 1 aromatic heterocycles. The SMILES string of the molecule is O=C(NCc1ncc(-c2ccccc2)o1)C1CC1c1ccc(F)c(F)c1. The van der Waals surface area contributed by atoms with Crippen LogP contribution in [0.1, 0.15) is 23.8 Å². The molecule has 1 amide bonds. The Morgan fingerprint density at radius 1 is 1.15 bits per heavy atom. The number of oxazole rings is 1. The van der Waals surface area contributed by atoms with Crippen LogP contribution in [0.15, 0.2) is 59.1 Å². The second-order valence-electron chi connectivity index (χ2n) is 6.32. The van der Waals surface area contributed by atoms with E-state index in [4.69, 9.17) is 4.42 Å². The summed E-state index contributed by atoms with van der Waals surface area (Å²) in [6.45, 7) is 0.187. The van der Waals surface area contributed by atoms with Crippen molar-refractivity contribution >= 4 is 5.91 Å². The van der Waals surface area contributed by atoms with Gasteiger partial charge < -0.3 is 9.73 Å². The Bertz CT molecular complexity index is 940. The molecular formula is C20H16F2N2O2. The molecule has 0 radical (unpaired) electrons. The molecule has 0 saturated heterocycles. The zero-order chi connectivity index (χ0) is 18.1. The van der Waals surface area contributed by atoms with Gasteiger partial charge in [-0.15, -0.1) is 0 Å². The van der Waals surface area contributed by atoms with Crippen molar-refractivity contribution in [3.8, 4) is 11.3 Å². The molecule has 1 heterocycles. The summed E-state index contributed by atoms with van der Waals surface area (Å²) >= 11 is 0. The van der Waals surface area contributed by atoms with Crippen LogP contribution in [0.5, 0.6) is 0 Å². The highest BCUT2D eigenvalue weighted by atomic mass is 19.2. The van der Waals surface area contributed by atoms with Gasteiger partial charge in [-0.25, -0.2) is 13.8 Å². The number of carbonyl (C=O) groups excluding carboxylic acids is 1. The standard InChI is InChI=1S/C20H16F2N2O2/c21-16-7-6-13(8-17(16)22)14-9-15(14)20(25)24-11-19-23-10-18(26-19)12-4-2-1-3-5-12/h1-8,10,14-15H,9,11H2,(H,24,25). The summed E-state index contributed by atoms with van der Waals surface area (Å²) in [5.74, 6) is -1.16. The highest BCUT2D eigenvalue weighted by molar-refractivity contribution is 5.82. The maximum absolute atomic E-state index is 13.3. The van der Waals surface area contributed by atoms with Crippen LogP contribution in [0.2, 0.25) is 0 Å². The molecule has 1 saturated carbocycles. The largest absolute Gasteiger partial charge is 0.439 e. The van der Waals surface area contributed by atoms with Crippen molar-refractivity contribution in [3.05, 3.63) is 77.8 Å². The molecule has 132 valence electrons. The first-order chi connectivity index (χ1) is 12.6. The molecule has 4 rings (SSSR count). The molecule has 1 N–H and O–H groups in total. The third-order valence-corrected chi connectivity index (χ3v) is 4.52. The van der Waals surface area contributed by atoms with Crippen molar-refractivity contribution in [2.24, 2.45) is 5.92 Å². The van der Waals surface area contributed by atoms with E-state index < -0.39 is 11.6 Å². The van der Waals surface area contributed by atoms with Gasteiger partial charge in [-0.2, -0.15) is 0 Å². The Kier molecular flexibility index (Phi) is 4.24. The zero-order valence-corrected chi connectivity index (χ0v) is 13.8. The number of hydrogen-bond donors (Lipinski definition) is 1. The van der Waals surface area contributed by atoms with E-state index in [0.29, 0.717) is 23.6 Å². The molecule has 1 fully saturated rings. The Balaban J connectivity index is 1.34. The fraction of sp³-hybridized carbons (Fsp3) is 0.200. The first-order valence-electron chi connectivity index (χ1n) is 8.34. The monoisotopic (exact) mass is 354 g/mol. The van der Waals surface area contributed by atoms with Gasteiger partial charge in [0.1, 0.15) is 0 Å². The molecule has 0 bridgehead atoms. The van der Waals surface area contributed by atoms with Crippen molar-refractivity contribution in [1.29, 1.82) is 0 Å². The van der Waals surface area contributed by atoms with Crippen molar-refractivity contribution in [2.75, 3.05) is 0 Å². The van der Waals surface area contributed by atoms with Crippen molar-refractivity contribution in [2.45, 2.75) is 18.9 Å². The minimum Gasteiger partial charge on any atom is -0.439 e. The topological polar surface area (TPSA) is 55.1 Å².